The molecule has 0 unspecified atom stereocenters. The first-order valence-electron chi connectivity index (χ1n) is 8.26. The van der Waals surface area contributed by atoms with Gasteiger partial charge in [0.2, 0.25) is 0 Å². The molecule has 2 aromatic heterocycles. The Morgan fingerprint density at radius 2 is 1.35 bits per heavy atom. The highest BCUT2D eigenvalue weighted by Crippen LogP contribution is 2.23. The van der Waals surface area contributed by atoms with Gasteiger partial charge in [0.25, 0.3) is 0 Å². The van der Waals surface area contributed by atoms with E-state index in [-0.39, 0.29) is 11.4 Å². The minimum Gasteiger partial charge on any atom is -0.270 e. The highest BCUT2D eigenvalue weighted by molar-refractivity contribution is 7.98. The summed E-state index contributed by atoms with van der Waals surface area (Å²) < 4.78 is 3.23. The van der Waals surface area contributed by atoms with Crippen LogP contribution in [0.15, 0.2) is 44.2 Å². The van der Waals surface area contributed by atoms with Crippen molar-refractivity contribution in [2.24, 2.45) is 0 Å². The molecular weight excluding hydrogens is 372 g/mol. The molecule has 3 aromatic rings. The number of nitrogens with zero attached hydrogens (tertiary/aromatic N) is 4. The van der Waals surface area contributed by atoms with Gasteiger partial charge in [-0.05, 0) is 25.0 Å². The molecule has 0 amide bonds. The lowest BCUT2D eigenvalue weighted by Crippen LogP contribution is -2.16. The molecule has 0 aliphatic carbocycles. The fraction of sp³-hybridized carbons (Fsp3) is 0.375. The normalized spacial score (nSPS) is 11.2. The maximum absolute atomic E-state index is 11.6. The molecule has 3 rings (SSSR count). The van der Waals surface area contributed by atoms with Crippen LogP contribution in [0.4, 0.5) is 0 Å². The molecule has 0 saturated heterocycles. The molecule has 8 nitrogen and oxygen atoms in total. The van der Waals surface area contributed by atoms with Crippen molar-refractivity contribution in [2.75, 3.05) is 0 Å². The van der Waals surface area contributed by atoms with Crippen molar-refractivity contribution in [3.05, 3.63) is 56.4 Å². The highest BCUT2D eigenvalue weighted by atomic mass is 32.2. The van der Waals surface area contributed by atoms with Crippen molar-refractivity contribution in [1.82, 2.24) is 29.5 Å². The predicted octanol–water partition coefficient (Wildman–Crippen LogP) is 2.08. The number of hydrogen-bond acceptors (Lipinski definition) is 6. The lowest BCUT2D eigenvalue weighted by atomic mass is 10.2. The standard InChI is InChI=1S/C16H20N6O2S2/c1-3-21-13(23)17-19-15(21)25-9-11-6-5-7-12(8-11)10-26-16-20-18-14(24)22(16)4-2/h5-8H,3-4,9-10H2,1-2H3,(H,17,23)(H,18,24). The van der Waals surface area contributed by atoms with Gasteiger partial charge < -0.3 is 0 Å². The van der Waals surface area contributed by atoms with Crippen LogP contribution in [0.5, 0.6) is 0 Å². The SMILES string of the molecule is CCn1c(SCc2cccc(CSc3n[nH]c(=O)n3CC)c2)n[nH]c1=O. The first-order chi connectivity index (χ1) is 12.6. The first-order valence-corrected chi connectivity index (χ1v) is 10.2. The Labute approximate surface area is 158 Å². The molecule has 10 heteroatoms. The molecule has 0 bridgehead atoms. The monoisotopic (exact) mass is 392 g/mol. The third-order valence-corrected chi connectivity index (χ3v) is 5.90. The number of aromatic amines is 2. The van der Waals surface area contributed by atoms with Gasteiger partial charge in [-0.25, -0.2) is 19.8 Å². The van der Waals surface area contributed by atoms with E-state index in [1.54, 1.807) is 9.13 Å². The Bertz CT molecular complexity index is 912. The minimum absolute atomic E-state index is 0.180. The van der Waals surface area contributed by atoms with E-state index < -0.39 is 0 Å². The second-order valence-electron chi connectivity index (χ2n) is 5.51. The van der Waals surface area contributed by atoms with E-state index in [0.29, 0.717) is 23.4 Å². The Morgan fingerprint density at radius 3 is 1.77 bits per heavy atom. The summed E-state index contributed by atoms with van der Waals surface area (Å²) in [6, 6.07) is 8.25. The van der Waals surface area contributed by atoms with Crippen LogP contribution in [0.2, 0.25) is 0 Å². The van der Waals surface area contributed by atoms with Crippen molar-refractivity contribution in [3.63, 3.8) is 0 Å². The molecule has 2 N–H and O–H groups in total. The van der Waals surface area contributed by atoms with Gasteiger partial charge in [0, 0.05) is 24.6 Å². The summed E-state index contributed by atoms with van der Waals surface area (Å²) >= 11 is 3.06. The second kappa shape index (κ2) is 8.45. The lowest BCUT2D eigenvalue weighted by Gasteiger charge is -2.06. The third-order valence-electron chi connectivity index (χ3n) is 3.81. The zero-order chi connectivity index (χ0) is 18.5. The summed E-state index contributed by atoms with van der Waals surface area (Å²) in [4.78, 5) is 23.2. The Morgan fingerprint density at radius 1 is 0.885 bits per heavy atom. The number of thioether (sulfide) groups is 2. The van der Waals surface area contributed by atoms with E-state index in [1.165, 1.54) is 23.5 Å². The number of nitrogens with one attached hydrogen (secondary N) is 2. The molecule has 2 heterocycles. The fourth-order valence-electron chi connectivity index (χ4n) is 2.49. The van der Waals surface area contributed by atoms with Crippen LogP contribution < -0.4 is 11.4 Å². The van der Waals surface area contributed by atoms with Crippen LogP contribution in [-0.4, -0.2) is 29.5 Å². The summed E-state index contributed by atoms with van der Waals surface area (Å²) in [5.74, 6) is 1.45. The van der Waals surface area contributed by atoms with Gasteiger partial charge in [-0.2, -0.15) is 0 Å². The van der Waals surface area contributed by atoms with Gasteiger partial charge in [0.15, 0.2) is 10.3 Å². The van der Waals surface area contributed by atoms with E-state index in [0.717, 1.165) is 22.6 Å². The van der Waals surface area contributed by atoms with Gasteiger partial charge in [0.1, 0.15) is 0 Å². The molecule has 1 aromatic carbocycles. The van der Waals surface area contributed by atoms with Crippen molar-refractivity contribution in [1.29, 1.82) is 0 Å². The number of aromatic nitrogens is 6. The smallest absolute Gasteiger partial charge is 0.270 e. The summed E-state index contributed by atoms with van der Waals surface area (Å²) in [7, 11) is 0. The largest absolute Gasteiger partial charge is 0.343 e. The lowest BCUT2D eigenvalue weighted by molar-refractivity contribution is 0.660. The van der Waals surface area contributed by atoms with E-state index >= 15 is 0 Å². The molecule has 0 atom stereocenters. The van der Waals surface area contributed by atoms with Crippen LogP contribution >= 0.6 is 23.5 Å². The van der Waals surface area contributed by atoms with Gasteiger partial charge in [-0.1, -0.05) is 47.8 Å². The quantitative estimate of drug-likeness (QED) is 0.569. The van der Waals surface area contributed by atoms with Gasteiger partial charge in [-0.3, -0.25) is 9.13 Å². The van der Waals surface area contributed by atoms with Crippen molar-refractivity contribution >= 4 is 23.5 Å². The highest BCUT2D eigenvalue weighted by Gasteiger charge is 2.09. The number of benzene rings is 1. The molecule has 0 aliphatic rings. The molecule has 26 heavy (non-hydrogen) atoms. The number of H-pyrrole nitrogens is 2. The third kappa shape index (κ3) is 4.13. The van der Waals surface area contributed by atoms with Crippen LogP contribution in [0.1, 0.15) is 25.0 Å². The zero-order valence-corrected chi connectivity index (χ0v) is 16.2. The van der Waals surface area contributed by atoms with Gasteiger partial charge >= 0.3 is 11.4 Å². The van der Waals surface area contributed by atoms with Gasteiger partial charge in [0.05, 0.1) is 0 Å². The average molecular weight is 393 g/mol. The first kappa shape index (κ1) is 18.6. The van der Waals surface area contributed by atoms with Crippen molar-refractivity contribution in [2.45, 2.75) is 48.8 Å². The number of hydrogen-bond donors (Lipinski definition) is 2. The summed E-state index contributed by atoms with van der Waals surface area (Å²) in [5, 5.41) is 14.5. The summed E-state index contributed by atoms with van der Waals surface area (Å²) in [5.41, 5.74) is 1.95. The van der Waals surface area contributed by atoms with Crippen LogP contribution in [-0.2, 0) is 24.6 Å². The maximum Gasteiger partial charge on any atom is 0.343 e. The Balaban J connectivity index is 1.64. The zero-order valence-electron chi connectivity index (χ0n) is 14.6. The van der Waals surface area contributed by atoms with E-state index in [4.69, 9.17) is 0 Å². The summed E-state index contributed by atoms with van der Waals surface area (Å²) in [6.07, 6.45) is 0. The maximum atomic E-state index is 11.6. The Kier molecular flexibility index (Phi) is 6.04. The molecule has 138 valence electrons. The predicted molar refractivity (Wildman–Crippen MR) is 103 cm³/mol. The molecule has 0 radical (unpaired) electrons. The van der Waals surface area contributed by atoms with Crippen LogP contribution in [0, 0.1) is 0 Å². The van der Waals surface area contributed by atoms with Crippen LogP contribution in [0.25, 0.3) is 0 Å². The topological polar surface area (TPSA) is 101 Å². The van der Waals surface area contributed by atoms with E-state index in [2.05, 4.69) is 38.6 Å². The van der Waals surface area contributed by atoms with Crippen molar-refractivity contribution < 1.29 is 0 Å². The number of rotatable bonds is 8. The van der Waals surface area contributed by atoms with Gasteiger partial charge in [-0.15, -0.1) is 10.2 Å². The van der Waals surface area contributed by atoms with E-state index in [9.17, 15) is 9.59 Å². The Hall–Kier alpha value is -2.20. The van der Waals surface area contributed by atoms with E-state index in [1.807, 2.05) is 19.9 Å². The molecular formula is C16H20N6O2S2. The molecule has 0 saturated carbocycles. The second-order valence-corrected chi connectivity index (χ2v) is 7.39. The fourth-order valence-corrected chi connectivity index (χ4v) is 4.40. The van der Waals surface area contributed by atoms with Crippen molar-refractivity contribution in [3.8, 4) is 0 Å². The average Bonchev–Trinajstić information content (AvgIpc) is 3.20. The molecule has 0 fully saturated rings. The minimum atomic E-state index is -0.180. The molecule has 0 spiro atoms. The van der Waals surface area contributed by atoms with Crippen LogP contribution in [0.3, 0.4) is 0 Å². The summed E-state index contributed by atoms with van der Waals surface area (Å²) in [6.45, 7) is 5.03. The molecule has 0 aliphatic heterocycles.